The lowest BCUT2D eigenvalue weighted by atomic mass is 10.4. The Labute approximate surface area is 122 Å². The number of amides is 1. The number of aryl methyl sites for hydroxylation is 1. The van der Waals surface area contributed by atoms with Crippen molar-refractivity contribution in [2.45, 2.75) is 19.4 Å². The van der Waals surface area contributed by atoms with Crippen LogP contribution in [0.2, 0.25) is 0 Å². The molecule has 0 radical (unpaired) electrons. The second kappa shape index (κ2) is 5.27. The Balaban J connectivity index is 1.98. The van der Waals surface area contributed by atoms with Gasteiger partial charge in [-0.1, -0.05) is 0 Å². The molecule has 21 heavy (non-hydrogen) atoms. The summed E-state index contributed by atoms with van der Waals surface area (Å²) in [6, 6.07) is 3.69. The van der Waals surface area contributed by atoms with E-state index >= 15 is 0 Å². The number of hydrogen-bond acceptors (Lipinski definition) is 3. The van der Waals surface area contributed by atoms with Gasteiger partial charge in [0.05, 0.1) is 18.1 Å². The molecule has 3 heterocycles. The number of carbonyl (C=O) groups excluding carboxylic acids is 2. The van der Waals surface area contributed by atoms with Crippen LogP contribution in [0.3, 0.4) is 0 Å². The van der Waals surface area contributed by atoms with Gasteiger partial charge in [0, 0.05) is 26.3 Å². The van der Waals surface area contributed by atoms with Crippen LogP contribution in [0, 0.1) is 0 Å². The molecule has 3 rings (SSSR count). The molecule has 112 valence electrons. The summed E-state index contributed by atoms with van der Waals surface area (Å²) in [5.41, 5.74) is 2.22. The maximum absolute atomic E-state index is 12.4. The first kappa shape index (κ1) is 13.7. The zero-order chi connectivity index (χ0) is 15.0. The Hall–Kier alpha value is -2.24. The summed E-state index contributed by atoms with van der Waals surface area (Å²) in [6.45, 7) is 1.80. The fourth-order valence-corrected chi connectivity index (χ4v) is 2.92. The molecule has 0 aliphatic carbocycles. The average molecular weight is 289 g/mol. The van der Waals surface area contributed by atoms with Gasteiger partial charge in [0.25, 0.3) is 0 Å². The van der Waals surface area contributed by atoms with Gasteiger partial charge in [-0.15, -0.1) is 0 Å². The van der Waals surface area contributed by atoms with Crippen molar-refractivity contribution in [3.63, 3.8) is 0 Å². The normalized spacial score (nSPS) is 14.9. The summed E-state index contributed by atoms with van der Waals surface area (Å²) < 4.78 is 8.51. The quantitative estimate of drug-likeness (QED) is 0.802. The van der Waals surface area contributed by atoms with Gasteiger partial charge in [-0.2, -0.15) is 0 Å². The van der Waals surface area contributed by atoms with Crippen LogP contribution in [0.4, 0.5) is 0 Å². The number of hydrogen-bond donors (Lipinski definition) is 0. The Morgan fingerprint density at radius 2 is 1.95 bits per heavy atom. The van der Waals surface area contributed by atoms with Crippen LogP contribution in [-0.4, -0.2) is 46.1 Å². The summed E-state index contributed by atoms with van der Waals surface area (Å²) in [7, 11) is 3.27. The number of fused-ring (bicyclic) bond motifs is 1. The molecule has 0 saturated carbocycles. The van der Waals surface area contributed by atoms with Gasteiger partial charge >= 0.3 is 5.97 Å². The van der Waals surface area contributed by atoms with Crippen molar-refractivity contribution < 1.29 is 14.3 Å². The molecule has 1 amide bonds. The van der Waals surface area contributed by atoms with E-state index in [0.29, 0.717) is 5.69 Å². The van der Waals surface area contributed by atoms with Crippen LogP contribution < -0.4 is 0 Å². The van der Waals surface area contributed by atoms with Gasteiger partial charge in [0.15, 0.2) is 0 Å². The Morgan fingerprint density at radius 1 is 1.24 bits per heavy atom. The topological polar surface area (TPSA) is 56.5 Å². The van der Waals surface area contributed by atoms with Crippen LogP contribution in [0.25, 0.3) is 11.0 Å². The number of methoxy groups -OCH3 is 1. The van der Waals surface area contributed by atoms with E-state index in [1.165, 1.54) is 7.11 Å². The largest absolute Gasteiger partial charge is 0.464 e. The van der Waals surface area contributed by atoms with Crippen LogP contribution in [0.1, 0.15) is 23.3 Å². The fraction of sp³-hybridized carbons (Fsp3) is 0.467. The number of aromatic nitrogens is 2. The van der Waals surface area contributed by atoms with Crippen molar-refractivity contribution in [3.05, 3.63) is 24.0 Å². The third kappa shape index (κ3) is 2.30. The number of ether oxygens (including phenoxy) is 1. The van der Waals surface area contributed by atoms with Gasteiger partial charge in [-0.3, -0.25) is 4.79 Å². The Morgan fingerprint density at radius 3 is 2.62 bits per heavy atom. The zero-order valence-corrected chi connectivity index (χ0v) is 12.3. The summed E-state index contributed by atoms with van der Waals surface area (Å²) in [5.74, 6) is -0.362. The highest BCUT2D eigenvalue weighted by Gasteiger charge is 2.23. The second-order valence-electron chi connectivity index (χ2n) is 5.39. The smallest absolute Gasteiger partial charge is 0.354 e. The number of nitrogens with zero attached hydrogens (tertiary/aromatic N) is 3. The molecule has 0 atom stereocenters. The molecule has 2 aromatic rings. The number of rotatable bonds is 3. The van der Waals surface area contributed by atoms with Crippen molar-refractivity contribution >= 4 is 22.9 Å². The first-order valence-corrected chi connectivity index (χ1v) is 7.12. The van der Waals surface area contributed by atoms with E-state index in [1.54, 1.807) is 10.6 Å². The first-order chi connectivity index (χ1) is 10.1. The lowest BCUT2D eigenvalue weighted by Crippen LogP contribution is -2.31. The van der Waals surface area contributed by atoms with E-state index in [0.717, 1.165) is 37.0 Å². The third-order valence-corrected chi connectivity index (χ3v) is 4.10. The summed E-state index contributed by atoms with van der Waals surface area (Å²) in [5, 5.41) is 0. The minimum absolute atomic E-state index is 0.0546. The maximum Gasteiger partial charge on any atom is 0.354 e. The Bertz CT molecular complexity index is 692. The highest BCUT2D eigenvalue weighted by molar-refractivity contribution is 5.95. The van der Waals surface area contributed by atoms with Crippen LogP contribution in [0.5, 0.6) is 0 Å². The number of carbonyl (C=O) groups is 2. The molecule has 6 heteroatoms. The van der Waals surface area contributed by atoms with E-state index in [1.807, 2.05) is 28.8 Å². The predicted molar refractivity (Wildman–Crippen MR) is 78.1 cm³/mol. The van der Waals surface area contributed by atoms with E-state index in [4.69, 9.17) is 4.74 Å². The van der Waals surface area contributed by atoms with Gasteiger partial charge < -0.3 is 18.8 Å². The summed E-state index contributed by atoms with van der Waals surface area (Å²) >= 11 is 0. The maximum atomic E-state index is 12.4. The van der Waals surface area contributed by atoms with E-state index < -0.39 is 5.97 Å². The number of esters is 1. The minimum Gasteiger partial charge on any atom is -0.464 e. The van der Waals surface area contributed by atoms with E-state index in [9.17, 15) is 9.59 Å². The molecule has 1 fully saturated rings. The minimum atomic E-state index is -0.416. The van der Waals surface area contributed by atoms with E-state index in [-0.39, 0.29) is 12.5 Å². The monoisotopic (exact) mass is 289 g/mol. The molecular formula is C15H19N3O3. The average Bonchev–Trinajstić information content (AvgIpc) is 3.18. The van der Waals surface area contributed by atoms with Gasteiger partial charge in [-0.25, -0.2) is 4.79 Å². The van der Waals surface area contributed by atoms with Crippen molar-refractivity contribution in [2.24, 2.45) is 7.05 Å². The number of likely N-dealkylation sites (tertiary alicyclic amines) is 1. The molecule has 0 aromatic carbocycles. The van der Waals surface area contributed by atoms with Gasteiger partial charge in [-0.05, 0) is 25.0 Å². The molecule has 0 spiro atoms. The molecule has 6 nitrogen and oxygen atoms in total. The van der Waals surface area contributed by atoms with Crippen LogP contribution in [-0.2, 0) is 23.1 Å². The second-order valence-corrected chi connectivity index (χ2v) is 5.39. The molecule has 2 aromatic heterocycles. The van der Waals surface area contributed by atoms with Crippen molar-refractivity contribution in [1.29, 1.82) is 0 Å². The molecule has 1 saturated heterocycles. The van der Waals surface area contributed by atoms with Gasteiger partial charge in [0.1, 0.15) is 12.2 Å². The highest BCUT2D eigenvalue weighted by atomic mass is 16.5. The first-order valence-electron chi connectivity index (χ1n) is 7.12. The third-order valence-electron chi connectivity index (χ3n) is 4.10. The van der Waals surface area contributed by atoms with Gasteiger partial charge in [0.2, 0.25) is 5.91 Å². The predicted octanol–water partition coefficient (Wildman–Crippen LogP) is 1.39. The summed E-state index contributed by atoms with van der Waals surface area (Å²) in [6.07, 6.45) is 4.03. The molecular weight excluding hydrogens is 270 g/mol. The molecule has 0 unspecified atom stereocenters. The standard InChI is InChI=1S/C15H19N3O3/c1-16-8-5-11-12(16)9-13(15(20)21-2)18(11)10-14(19)17-6-3-4-7-17/h5,8-9H,3-4,6-7,10H2,1-2H3. The SMILES string of the molecule is COC(=O)c1cc2c(ccn2C)n1CC(=O)N1CCCC1. The fourth-order valence-electron chi connectivity index (χ4n) is 2.92. The molecule has 1 aliphatic heterocycles. The van der Waals surface area contributed by atoms with Crippen LogP contribution in [0.15, 0.2) is 18.3 Å². The van der Waals surface area contributed by atoms with Crippen molar-refractivity contribution in [3.8, 4) is 0 Å². The van der Waals surface area contributed by atoms with Crippen molar-refractivity contribution in [1.82, 2.24) is 14.0 Å². The van der Waals surface area contributed by atoms with Crippen LogP contribution >= 0.6 is 0 Å². The highest BCUT2D eigenvalue weighted by Crippen LogP contribution is 2.22. The molecule has 0 bridgehead atoms. The lowest BCUT2D eigenvalue weighted by Gasteiger charge is -2.16. The van der Waals surface area contributed by atoms with Crippen molar-refractivity contribution in [2.75, 3.05) is 20.2 Å². The summed E-state index contributed by atoms with van der Waals surface area (Å²) in [4.78, 5) is 26.2. The zero-order valence-electron chi connectivity index (χ0n) is 12.3. The molecule has 1 aliphatic rings. The Kier molecular flexibility index (Phi) is 3.45. The molecule has 0 N–H and O–H groups in total. The lowest BCUT2D eigenvalue weighted by molar-refractivity contribution is -0.130. The van der Waals surface area contributed by atoms with E-state index in [2.05, 4.69) is 0 Å².